The maximum Gasteiger partial charge on any atom is 0.338 e. The summed E-state index contributed by atoms with van der Waals surface area (Å²) < 4.78 is 10.2. The maximum atomic E-state index is 12.3. The van der Waals surface area contributed by atoms with Crippen LogP contribution < -0.4 is 4.74 Å². The molecule has 0 aliphatic heterocycles. The molecular formula is C18H15NO4. The number of ether oxygens (including phenoxy) is 2. The fraction of sp³-hybridized carbons (Fsp3) is 0.167. The van der Waals surface area contributed by atoms with Crippen molar-refractivity contribution in [1.29, 1.82) is 5.26 Å². The first-order valence-electron chi connectivity index (χ1n) is 6.94. The van der Waals surface area contributed by atoms with E-state index in [-0.39, 0.29) is 11.3 Å². The van der Waals surface area contributed by atoms with Gasteiger partial charge in [0.1, 0.15) is 5.75 Å². The lowest BCUT2D eigenvalue weighted by Gasteiger charge is -2.12. The number of nitriles is 1. The molecule has 0 spiro atoms. The smallest absolute Gasteiger partial charge is 0.338 e. The number of nitrogens with zero attached hydrogens (tertiary/aromatic N) is 1. The van der Waals surface area contributed by atoms with Gasteiger partial charge in [-0.2, -0.15) is 5.26 Å². The van der Waals surface area contributed by atoms with E-state index in [0.717, 1.165) is 0 Å². The van der Waals surface area contributed by atoms with E-state index in [1.54, 1.807) is 36.4 Å². The molecular weight excluding hydrogens is 294 g/mol. The molecule has 0 amide bonds. The number of hydrogen-bond donors (Lipinski definition) is 0. The minimum Gasteiger partial charge on any atom is -0.497 e. The monoisotopic (exact) mass is 309 g/mol. The molecule has 0 aliphatic rings. The van der Waals surface area contributed by atoms with Gasteiger partial charge >= 0.3 is 5.97 Å². The van der Waals surface area contributed by atoms with Crippen molar-refractivity contribution >= 4 is 11.8 Å². The third-order valence-corrected chi connectivity index (χ3v) is 3.25. The Labute approximate surface area is 134 Å². The molecule has 0 saturated heterocycles. The van der Waals surface area contributed by atoms with Gasteiger partial charge in [0, 0.05) is 5.56 Å². The molecule has 1 atom stereocenters. The molecule has 0 bridgehead atoms. The summed E-state index contributed by atoms with van der Waals surface area (Å²) in [6.07, 6.45) is -0.929. The molecule has 0 fully saturated rings. The van der Waals surface area contributed by atoms with Crippen molar-refractivity contribution in [3.8, 4) is 11.8 Å². The summed E-state index contributed by atoms with van der Waals surface area (Å²) in [7, 11) is 1.54. The van der Waals surface area contributed by atoms with Crippen LogP contribution in [0.3, 0.4) is 0 Å². The third-order valence-electron chi connectivity index (χ3n) is 3.25. The van der Waals surface area contributed by atoms with Crippen LogP contribution in [0.15, 0.2) is 48.5 Å². The van der Waals surface area contributed by atoms with Gasteiger partial charge in [-0.05, 0) is 49.4 Å². The molecule has 5 nitrogen and oxygen atoms in total. The van der Waals surface area contributed by atoms with Crippen molar-refractivity contribution in [2.45, 2.75) is 13.0 Å². The van der Waals surface area contributed by atoms with Gasteiger partial charge in [0.05, 0.1) is 24.3 Å². The first-order chi connectivity index (χ1) is 11.0. The number of carbonyl (C=O) groups is 2. The zero-order valence-corrected chi connectivity index (χ0v) is 12.8. The van der Waals surface area contributed by atoms with Crippen LogP contribution in [0.5, 0.6) is 5.75 Å². The highest BCUT2D eigenvalue weighted by molar-refractivity contribution is 6.01. The lowest BCUT2D eigenvalue weighted by molar-refractivity contribution is 0.0319. The summed E-state index contributed by atoms with van der Waals surface area (Å²) in [6.45, 7) is 1.51. The van der Waals surface area contributed by atoms with Gasteiger partial charge in [-0.15, -0.1) is 0 Å². The normalized spacial score (nSPS) is 11.2. The van der Waals surface area contributed by atoms with Gasteiger partial charge in [0.2, 0.25) is 5.78 Å². The Bertz CT molecular complexity index is 759. The van der Waals surface area contributed by atoms with Crippen molar-refractivity contribution in [3.05, 3.63) is 65.2 Å². The fourth-order valence-electron chi connectivity index (χ4n) is 1.99. The van der Waals surface area contributed by atoms with Gasteiger partial charge in [0.15, 0.2) is 6.10 Å². The quantitative estimate of drug-likeness (QED) is 0.627. The molecule has 116 valence electrons. The Morgan fingerprint density at radius 2 is 1.78 bits per heavy atom. The Kier molecular flexibility index (Phi) is 5.11. The van der Waals surface area contributed by atoms with Crippen LogP contribution in [0.1, 0.15) is 33.2 Å². The highest BCUT2D eigenvalue weighted by atomic mass is 16.5. The Hall–Kier alpha value is -3.13. The number of esters is 1. The predicted octanol–water partition coefficient (Wildman–Crippen LogP) is 3.00. The summed E-state index contributed by atoms with van der Waals surface area (Å²) in [5, 5.41) is 8.84. The van der Waals surface area contributed by atoms with Gasteiger partial charge in [-0.25, -0.2) is 4.79 Å². The summed E-state index contributed by atoms with van der Waals surface area (Å²) in [6, 6.07) is 14.6. The average molecular weight is 309 g/mol. The van der Waals surface area contributed by atoms with E-state index in [1.807, 2.05) is 6.07 Å². The predicted molar refractivity (Wildman–Crippen MR) is 83.4 cm³/mol. The van der Waals surface area contributed by atoms with Crippen molar-refractivity contribution in [2.24, 2.45) is 0 Å². The van der Waals surface area contributed by atoms with Crippen LogP contribution in [0.25, 0.3) is 0 Å². The highest BCUT2D eigenvalue weighted by Crippen LogP contribution is 2.15. The molecule has 0 saturated carbocycles. The Balaban J connectivity index is 2.07. The second-order valence-electron chi connectivity index (χ2n) is 4.83. The lowest BCUT2D eigenvalue weighted by atomic mass is 10.1. The minimum atomic E-state index is -0.929. The van der Waals surface area contributed by atoms with Gasteiger partial charge < -0.3 is 9.47 Å². The second-order valence-corrected chi connectivity index (χ2v) is 4.83. The van der Waals surface area contributed by atoms with Crippen molar-refractivity contribution in [1.82, 2.24) is 0 Å². The third kappa shape index (κ3) is 3.95. The second kappa shape index (κ2) is 7.23. The van der Waals surface area contributed by atoms with Crippen LogP contribution in [0, 0.1) is 11.3 Å². The summed E-state index contributed by atoms with van der Waals surface area (Å²) in [5.74, 6) is -0.312. The van der Waals surface area contributed by atoms with Crippen LogP contribution in [0.4, 0.5) is 0 Å². The highest BCUT2D eigenvalue weighted by Gasteiger charge is 2.20. The number of rotatable bonds is 5. The first-order valence-corrected chi connectivity index (χ1v) is 6.94. The number of benzene rings is 2. The first kappa shape index (κ1) is 16.2. The van der Waals surface area contributed by atoms with E-state index >= 15 is 0 Å². The number of methoxy groups -OCH3 is 1. The van der Waals surface area contributed by atoms with E-state index in [9.17, 15) is 9.59 Å². The zero-order valence-electron chi connectivity index (χ0n) is 12.8. The van der Waals surface area contributed by atoms with Crippen molar-refractivity contribution in [2.75, 3.05) is 7.11 Å². The van der Waals surface area contributed by atoms with Crippen molar-refractivity contribution in [3.63, 3.8) is 0 Å². The summed E-state index contributed by atoms with van der Waals surface area (Å²) in [5.41, 5.74) is 1.02. The van der Waals surface area contributed by atoms with Gasteiger partial charge in [0.25, 0.3) is 0 Å². The van der Waals surface area contributed by atoms with E-state index in [4.69, 9.17) is 14.7 Å². The lowest BCUT2D eigenvalue weighted by Crippen LogP contribution is -2.24. The average Bonchev–Trinajstić information content (AvgIpc) is 2.61. The van der Waals surface area contributed by atoms with Crippen LogP contribution in [-0.4, -0.2) is 25.0 Å². The number of ketones is 1. The largest absolute Gasteiger partial charge is 0.497 e. The molecule has 23 heavy (non-hydrogen) atoms. The standard InChI is InChI=1S/C18H15NO4/c1-12(17(20)14-6-8-16(22-2)9-7-14)23-18(21)15-5-3-4-13(10-15)11-19/h3-10,12H,1-2H3. The van der Waals surface area contributed by atoms with Crippen LogP contribution >= 0.6 is 0 Å². The number of carbonyl (C=O) groups excluding carboxylic acids is 2. The molecule has 0 heterocycles. The summed E-state index contributed by atoms with van der Waals surface area (Å²) >= 11 is 0. The molecule has 0 aliphatic carbocycles. The van der Waals surface area contributed by atoms with E-state index in [0.29, 0.717) is 16.9 Å². The van der Waals surface area contributed by atoms with Gasteiger partial charge in [-0.3, -0.25) is 4.79 Å². The molecule has 0 radical (unpaired) electrons. The SMILES string of the molecule is COc1ccc(C(=O)C(C)OC(=O)c2cccc(C#N)c2)cc1. The maximum absolute atomic E-state index is 12.3. The molecule has 5 heteroatoms. The summed E-state index contributed by atoms with van der Waals surface area (Å²) in [4.78, 5) is 24.3. The fourth-order valence-corrected chi connectivity index (χ4v) is 1.99. The Morgan fingerprint density at radius 3 is 2.39 bits per heavy atom. The van der Waals surface area contributed by atoms with Crippen LogP contribution in [0.2, 0.25) is 0 Å². The molecule has 2 aromatic carbocycles. The number of hydrogen-bond acceptors (Lipinski definition) is 5. The molecule has 1 unspecified atom stereocenters. The molecule has 2 rings (SSSR count). The van der Waals surface area contributed by atoms with Crippen LogP contribution in [-0.2, 0) is 4.74 Å². The minimum absolute atomic E-state index is 0.235. The van der Waals surface area contributed by atoms with Crippen molar-refractivity contribution < 1.29 is 19.1 Å². The Morgan fingerprint density at radius 1 is 1.09 bits per heavy atom. The van der Waals surface area contributed by atoms with E-state index in [2.05, 4.69) is 0 Å². The topological polar surface area (TPSA) is 76.4 Å². The molecule has 0 N–H and O–H groups in total. The molecule has 0 aromatic heterocycles. The van der Waals surface area contributed by atoms with E-state index in [1.165, 1.54) is 26.2 Å². The van der Waals surface area contributed by atoms with E-state index < -0.39 is 12.1 Å². The van der Waals surface area contributed by atoms with Gasteiger partial charge in [-0.1, -0.05) is 6.07 Å². The zero-order chi connectivity index (χ0) is 16.8. The molecule has 2 aromatic rings. The number of Topliss-reactive ketones (excluding diaryl/α,β-unsaturated/α-hetero) is 1.